The molecular formula is C21H17FN4O3. The van der Waals surface area contributed by atoms with Gasteiger partial charge in [-0.05, 0) is 49.7 Å². The second-order valence-electron chi connectivity index (χ2n) is 6.87. The minimum atomic E-state index is -0.542. The van der Waals surface area contributed by atoms with E-state index < -0.39 is 22.7 Å². The van der Waals surface area contributed by atoms with E-state index in [2.05, 4.69) is 10.1 Å². The normalized spacial score (nSPS) is 11.2. The van der Waals surface area contributed by atoms with Gasteiger partial charge in [0.25, 0.3) is 11.1 Å². The van der Waals surface area contributed by atoms with Crippen LogP contribution < -0.4 is 11.1 Å². The molecule has 29 heavy (non-hydrogen) atoms. The molecule has 0 atom stereocenters. The predicted molar refractivity (Wildman–Crippen MR) is 106 cm³/mol. The molecule has 0 aliphatic heterocycles. The van der Waals surface area contributed by atoms with Gasteiger partial charge < -0.3 is 5.10 Å². The molecule has 2 aromatic heterocycles. The Kier molecular flexibility index (Phi) is 4.26. The fourth-order valence-electron chi connectivity index (χ4n) is 3.30. The van der Waals surface area contributed by atoms with Gasteiger partial charge in [-0.2, -0.15) is 0 Å². The van der Waals surface area contributed by atoms with Crippen molar-refractivity contribution in [1.82, 2.24) is 19.3 Å². The summed E-state index contributed by atoms with van der Waals surface area (Å²) in [5.41, 5.74) is 0.387. The van der Waals surface area contributed by atoms with E-state index in [1.165, 1.54) is 46.8 Å². The van der Waals surface area contributed by atoms with E-state index in [-0.39, 0.29) is 22.2 Å². The molecule has 8 heteroatoms. The number of fused-ring (bicyclic) bond motifs is 1. The summed E-state index contributed by atoms with van der Waals surface area (Å²) in [5, 5.41) is 2.81. The summed E-state index contributed by atoms with van der Waals surface area (Å²) in [6, 6.07) is 9.01. The number of aromatic nitrogens is 4. The van der Waals surface area contributed by atoms with Crippen molar-refractivity contribution in [3.05, 3.63) is 91.6 Å². The van der Waals surface area contributed by atoms with Crippen LogP contribution in [-0.4, -0.2) is 25.1 Å². The minimum absolute atomic E-state index is 0.0307. The van der Waals surface area contributed by atoms with E-state index in [0.717, 1.165) is 5.56 Å². The van der Waals surface area contributed by atoms with Crippen molar-refractivity contribution in [1.29, 1.82) is 0 Å². The molecule has 1 N–H and O–H groups in total. The van der Waals surface area contributed by atoms with Crippen LogP contribution in [0.3, 0.4) is 0 Å². The van der Waals surface area contributed by atoms with Gasteiger partial charge in [0.15, 0.2) is 5.78 Å². The Morgan fingerprint density at radius 3 is 2.48 bits per heavy atom. The SMILES string of the molecule is Cc1ccc(-n2c(C)nc3ccc(C(=O)c4c[nH]n(C)c4=O)cc3c2=O)c(F)c1. The number of nitrogens with zero attached hydrogens (tertiary/aromatic N) is 3. The van der Waals surface area contributed by atoms with E-state index in [1.54, 1.807) is 26.0 Å². The van der Waals surface area contributed by atoms with Gasteiger partial charge >= 0.3 is 0 Å². The summed E-state index contributed by atoms with van der Waals surface area (Å²) in [7, 11) is 1.50. The number of aromatic amines is 1. The lowest BCUT2D eigenvalue weighted by atomic mass is 10.0. The Morgan fingerprint density at radius 2 is 1.83 bits per heavy atom. The molecular weight excluding hydrogens is 375 g/mol. The highest BCUT2D eigenvalue weighted by Gasteiger charge is 2.18. The van der Waals surface area contributed by atoms with Gasteiger partial charge in [0.1, 0.15) is 17.2 Å². The van der Waals surface area contributed by atoms with Crippen LogP contribution in [0.25, 0.3) is 16.6 Å². The summed E-state index contributed by atoms with van der Waals surface area (Å²) in [5.74, 6) is -0.731. The zero-order chi connectivity index (χ0) is 20.9. The maximum atomic E-state index is 14.5. The first-order valence-electron chi connectivity index (χ1n) is 8.87. The van der Waals surface area contributed by atoms with Gasteiger partial charge in [-0.1, -0.05) is 6.07 Å². The van der Waals surface area contributed by atoms with Crippen LogP contribution >= 0.6 is 0 Å². The molecule has 0 bridgehead atoms. The summed E-state index contributed by atoms with van der Waals surface area (Å²) in [6.07, 6.45) is 1.32. The first-order chi connectivity index (χ1) is 13.8. The lowest BCUT2D eigenvalue weighted by molar-refractivity contribution is 0.103. The minimum Gasteiger partial charge on any atom is -0.302 e. The summed E-state index contributed by atoms with van der Waals surface area (Å²) < 4.78 is 16.9. The maximum Gasteiger partial charge on any atom is 0.277 e. The van der Waals surface area contributed by atoms with E-state index in [9.17, 15) is 18.8 Å². The fourth-order valence-corrected chi connectivity index (χ4v) is 3.30. The van der Waals surface area contributed by atoms with Gasteiger partial charge in [0.05, 0.1) is 16.6 Å². The summed E-state index contributed by atoms with van der Waals surface area (Å²) >= 11 is 0. The first-order valence-corrected chi connectivity index (χ1v) is 8.87. The standard InChI is InChI=1S/C21H17FN4O3/c1-11-4-7-18(16(22)8-11)26-12(2)24-17-6-5-13(9-14(17)21(26)29)19(27)15-10-23-25(3)20(15)28/h4-10,23H,1-3H3. The summed E-state index contributed by atoms with van der Waals surface area (Å²) in [6.45, 7) is 3.37. The average Bonchev–Trinajstić information content (AvgIpc) is 3.01. The average molecular weight is 392 g/mol. The number of aryl methyl sites for hydroxylation is 3. The molecule has 0 aliphatic carbocycles. The van der Waals surface area contributed by atoms with Crippen LogP contribution in [0.15, 0.2) is 52.2 Å². The zero-order valence-electron chi connectivity index (χ0n) is 16.0. The highest BCUT2D eigenvalue weighted by atomic mass is 19.1. The predicted octanol–water partition coefficient (Wildman–Crippen LogP) is 2.40. The Balaban J connectivity index is 1.93. The Labute approximate surface area is 164 Å². The van der Waals surface area contributed by atoms with Crippen LogP contribution in [0.1, 0.15) is 27.3 Å². The summed E-state index contributed by atoms with van der Waals surface area (Å²) in [4.78, 5) is 42.3. The molecule has 2 aromatic carbocycles. The molecule has 0 unspecified atom stereocenters. The quantitative estimate of drug-likeness (QED) is 0.542. The molecule has 4 aromatic rings. The van der Waals surface area contributed by atoms with Crippen molar-refractivity contribution in [2.45, 2.75) is 13.8 Å². The van der Waals surface area contributed by atoms with E-state index in [1.807, 2.05) is 0 Å². The molecule has 0 aliphatic rings. The van der Waals surface area contributed by atoms with Crippen LogP contribution in [-0.2, 0) is 7.05 Å². The lowest BCUT2D eigenvalue weighted by Crippen LogP contribution is -2.24. The smallest absolute Gasteiger partial charge is 0.277 e. The van der Waals surface area contributed by atoms with Crippen LogP contribution in [0.2, 0.25) is 0 Å². The number of rotatable bonds is 3. The van der Waals surface area contributed by atoms with Crippen molar-refractivity contribution in [2.75, 3.05) is 0 Å². The van der Waals surface area contributed by atoms with Gasteiger partial charge in [-0.25, -0.2) is 9.37 Å². The fraction of sp³-hybridized carbons (Fsp3) is 0.143. The highest BCUT2D eigenvalue weighted by Crippen LogP contribution is 2.18. The van der Waals surface area contributed by atoms with Crippen LogP contribution in [0.5, 0.6) is 0 Å². The van der Waals surface area contributed by atoms with Crippen molar-refractivity contribution in [3.8, 4) is 5.69 Å². The highest BCUT2D eigenvalue weighted by molar-refractivity contribution is 6.10. The van der Waals surface area contributed by atoms with Crippen molar-refractivity contribution >= 4 is 16.7 Å². The topological polar surface area (TPSA) is 89.8 Å². The van der Waals surface area contributed by atoms with Gasteiger partial charge in [-0.15, -0.1) is 0 Å². The van der Waals surface area contributed by atoms with Gasteiger partial charge in [0, 0.05) is 18.8 Å². The van der Waals surface area contributed by atoms with Gasteiger partial charge in [-0.3, -0.25) is 23.6 Å². The molecule has 146 valence electrons. The lowest BCUT2D eigenvalue weighted by Gasteiger charge is -2.12. The number of benzene rings is 2. The molecule has 4 rings (SSSR count). The Morgan fingerprint density at radius 1 is 1.07 bits per heavy atom. The monoisotopic (exact) mass is 392 g/mol. The second-order valence-corrected chi connectivity index (χ2v) is 6.87. The number of hydrogen-bond donors (Lipinski definition) is 1. The number of halogens is 1. The number of H-pyrrole nitrogens is 1. The van der Waals surface area contributed by atoms with Crippen LogP contribution in [0.4, 0.5) is 4.39 Å². The van der Waals surface area contributed by atoms with Crippen molar-refractivity contribution in [3.63, 3.8) is 0 Å². The number of ketones is 1. The largest absolute Gasteiger partial charge is 0.302 e. The molecule has 0 amide bonds. The first kappa shape index (κ1) is 18.5. The third-order valence-corrected chi connectivity index (χ3v) is 4.82. The molecule has 0 saturated heterocycles. The van der Waals surface area contributed by atoms with E-state index >= 15 is 0 Å². The number of hydrogen-bond acceptors (Lipinski definition) is 4. The molecule has 7 nitrogen and oxygen atoms in total. The van der Waals surface area contributed by atoms with Gasteiger partial charge in [0.2, 0.25) is 0 Å². The third kappa shape index (κ3) is 2.98. The number of nitrogens with one attached hydrogen (secondary N) is 1. The van der Waals surface area contributed by atoms with Crippen molar-refractivity contribution in [2.24, 2.45) is 7.05 Å². The van der Waals surface area contributed by atoms with Crippen LogP contribution in [0, 0.1) is 19.7 Å². The molecule has 0 radical (unpaired) electrons. The molecule has 0 spiro atoms. The van der Waals surface area contributed by atoms with E-state index in [4.69, 9.17) is 0 Å². The van der Waals surface area contributed by atoms with E-state index in [0.29, 0.717) is 11.3 Å². The zero-order valence-corrected chi connectivity index (χ0v) is 16.0. The Hall–Kier alpha value is -3.81. The molecule has 2 heterocycles. The molecule has 0 saturated carbocycles. The molecule has 0 fully saturated rings. The van der Waals surface area contributed by atoms with Crippen molar-refractivity contribution < 1.29 is 9.18 Å². The third-order valence-electron chi connectivity index (χ3n) is 4.82. The number of carbonyl (C=O) groups excluding carboxylic acids is 1. The Bertz CT molecular complexity index is 1410. The second kappa shape index (κ2) is 6.66. The number of carbonyl (C=O) groups is 1. The maximum absolute atomic E-state index is 14.5.